The molecule has 0 radical (unpaired) electrons. The lowest BCUT2D eigenvalue weighted by molar-refractivity contribution is 0.601. The minimum Gasteiger partial charge on any atom is -0.612 e. The summed E-state index contributed by atoms with van der Waals surface area (Å²) < 4.78 is 11.5. The lowest BCUT2D eigenvalue weighted by atomic mass is 10.1. The van der Waals surface area contributed by atoms with Crippen molar-refractivity contribution in [3.05, 3.63) is 54.1 Å². The topological polar surface area (TPSA) is 71.0 Å². The first-order chi connectivity index (χ1) is 10.1. The SMILES string of the molecule is CCc1cccc(NC(=N)Nc2cccc([S+](C)[O-])c2)c1. The van der Waals surface area contributed by atoms with Gasteiger partial charge in [0.25, 0.3) is 0 Å². The minimum absolute atomic E-state index is 0.183. The second kappa shape index (κ2) is 7.15. The summed E-state index contributed by atoms with van der Waals surface area (Å²) in [5.74, 6) is 0.183. The van der Waals surface area contributed by atoms with Crippen LogP contribution in [0.2, 0.25) is 0 Å². The molecule has 0 fully saturated rings. The summed E-state index contributed by atoms with van der Waals surface area (Å²) in [4.78, 5) is 0.737. The molecular formula is C16H19N3OS. The van der Waals surface area contributed by atoms with Gasteiger partial charge in [-0.3, -0.25) is 5.41 Å². The number of hydrogen-bond donors (Lipinski definition) is 3. The Balaban J connectivity index is 2.02. The van der Waals surface area contributed by atoms with Gasteiger partial charge in [0.05, 0.1) is 0 Å². The Labute approximate surface area is 128 Å². The summed E-state index contributed by atoms with van der Waals surface area (Å²) in [5.41, 5.74) is 2.84. The second-order valence-electron chi connectivity index (χ2n) is 4.66. The third-order valence-electron chi connectivity index (χ3n) is 3.04. The number of hydrogen-bond acceptors (Lipinski definition) is 2. The number of rotatable bonds is 4. The van der Waals surface area contributed by atoms with E-state index in [-0.39, 0.29) is 5.96 Å². The van der Waals surface area contributed by atoms with Gasteiger partial charge in [0, 0.05) is 17.4 Å². The Morgan fingerprint density at radius 1 is 1.10 bits per heavy atom. The van der Waals surface area contributed by atoms with Crippen molar-refractivity contribution in [1.82, 2.24) is 0 Å². The molecule has 1 unspecified atom stereocenters. The number of aryl methyl sites for hydroxylation is 1. The van der Waals surface area contributed by atoms with Gasteiger partial charge in [0.2, 0.25) is 0 Å². The maximum atomic E-state index is 11.5. The van der Waals surface area contributed by atoms with Gasteiger partial charge in [-0.15, -0.1) is 0 Å². The van der Waals surface area contributed by atoms with Gasteiger partial charge in [-0.25, -0.2) is 0 Å². The van der Waals surface area contributed by atoms with Crippen LogP contribution < -0.4 is 10.6 Å². The van der Waals surface area contributed by atoms with Gasteiger partial charge in [-0.1, -0.05) is 25.1 Å². The van der Waals surface area contributed by atoms with Gasteiger partial charge < -0.3 is 15.2 Å². The largest absolute Gasteiger partial charge is 0.612 e. The van der Waals surface area contributed by atoms with E-state index in [0.29, 0.717) is 0 Å². The van der Waals surface area contributed by atoms with E-state index in [2.05, 4.69) is 23.6 Å². The number of anilines is 2. The molecule has 0 aromatic heterocycles. The standard InChI is InChI=1S/C16H19N3OS/c1-3-12-6-4-7-13(10-12)18-16(17)19-14-8-5-9-15(11-14)21(2)20/h4-11H,3H2,1-2H3,(H3,17,18,19). The van der Waals surface area contributed by atoms with E-state index in [1.807, 2.05) is 36.4 Å². The first-order valence-corrected chi connectivity index (χ1v) is 8.29. The summed E-state index contributed by atoms with van der Waals surface area (Å²) in [6.07, 6.45) is 2.60. The van der Waals surface area contributed by atoms with Gasteiger partial charge in [-0.05, 0) is 47.4 Å². The van der Waals surface area contributed by atoms with Crippen LogP contribution in [-0.4, -0.2) is 16.8 Å². The zero-order chi connectivity index (χ0) is 15.2. The molecule has 0 aliphatic rings. The van der Waals surface area contributed by atoms with Crippen LogP contribution in [0.5, 0.6) is 0 Å². The van der Waals surface area contributed by atoms with Gasteiger partial charge in [0.15, 0.2) is 10.9 Å². The highest BCUT2D eigenvalue weighted by atomic mass is 32.2. The van der Waals surface area contributed by atoms with E-state index in [4.69, 9.17) is 5.41 Å². The molecule has 2 rings (SSSR count). The van der Waals surface area contributed by atoms with E-state index in [0.717, 1.165) is 22.7 Å². The summed E-state index contributed by atoms with van der Waals surface area (Å²) in [5, 5.41) is 13.9. The number of guanidine groups is 1. The van der Waals surface area contributed by atoms with Crippen molar-refractivity contribution in [2.75, 3.05) is 16.9 Å². The summed E-state index contributed by atoms with van der Waals surface area (Å²) in [7, 11) is 0. The van der Waals surface area contributed by atoms with Crippen molar-refractivity contribution >= 4 is 28.5 Å². The van der Waals surface area contributed by atoms with Gasteiger partial charge >= 0.3 is 0 Å². The van der Waals surface area contributed by atoms with E-state index in [1.54, 1.807) is 12.3 Å². The fraction of sp³-hybridized carbons (Fsp3) is 0.188. The van der Waals surface area contributed by atoms with Crippen molar-refractivity contribution in [2.24, 2.45) is 0 Å². The molecule has 21 heavy (non-hydrogen) atoms. The van der Waals surface area contributed by atoms with Crippen molar-refractivity contribution in [2.45, 2.75) is 18.2 Å². The van der Waals surface area contributed by atoms with E-state index >= 15 is 0 Å². The molecule has 4 nitrogen and oxygen atoms in total. The highest BCUT2D eigenvalue weighted by Gasteiger charge is 2.06. The Morgan fingerprint density at radius 2 is 1.71 bits per heavy atom. The highest BCUT2D eigenvalue weighted by Crippen LogP contribution is 2.16. The van der Waals surface area contributed by atoms with Crippen LogP contribution in [0.25, 0.3) is 0 Å². The molecule has 110 valence electrons. The first-order valence-electron chi connectivity index (χ1n) is 6.73. The first kappa shape index (κ1) is 15.4. The van der Waals surface area contributed by atoms with Crippen molar-refractivity contribution in [1.29, 1.82) is 5.41 Å². The lowest BCUT2D eigenvalue weighted by Crippen LogP contribution is -2.20. The highest BCUT2D eigenvalue weighted by molar-refractivity contribution is 7.90. The van der Waals surface area contributed by atoms with E-state index < -0.39 is 11.2 Å². The Kier molecular flexibility index (Phi) is 5.25. The second-order valence-corrected chi connectivity index (χ2v) is 6.04. The smallest absolute Gasteiger partial charge is 0.197 e. The Hall–Kier alpha value is -1.98. The molecular weight excluding hydrogens is 282 g/mol. The molecule has 0 saturated heterocycles. The summed E-state index contributed by atoms with van der Waals surface area (Å²) in [6.45, 7) is 2.10. The third-order valence-corrected chi connectivity index (χ3v) is 3.96. The van der Waals surface area contributed by atoms with Gasteiger partial charge in [0.1, 0.15) is 6.26 Å². The normalized spacial score (nSPS) is 11.8. The van der Waals surface area contributed by atoms with Crippen LogP contribution >= 0.6 is 0 Å². The molecule has 3 N–H and O–H groups in total. The summed E-state index contributed by atoms with van der Waals surface area (Å²) >= 11 is -1.03. The van der Waals surface area contributed by atoms with Crippen LogP contribution in [0.1, 0.15) is 12.5 Å². The zero-order valence-corrected chi connectivity index (χ0v) is 13.0. The van der Waals surface area contributed by atoms with Crippen LogP contribution in [0.3, 0.4) is 0 Å². The van der Waals surface area contributed by atoms with E-state index in [9.17, 15) is 4.55 Å². The predicted molar refractivity (Wildman–Crippen MR) is 89.6 cm³/mol. The molecule has 0 spiro atoms. The molecule has 0 aliphatic heterocycles. The molecule has 1 atom stereocenters. The Morgan fingerprint density at radius 3 is 2.33 bits per heavy atom. The van der Waals surface area contributed by atoms with Gasteiger partial charge in [-0.2, -0.15) is 0 Å². The fourth-order valence-electron chi connectivity index (χ4n) is 1.94. The molecule has 5 heteroatoms. The minimum atomic E-state index is -1.03. The number of nitrogens with one attached hydrogen (secondary N) is 3. The Bertz CT molecular complexity index is 628. The fourth-order valence-corrected chi connectivity index (χ4v) is 2.50. The average molecular weight is 301 g/mol. The van der Waals surface area contributed by atoms with Crippen molar-refractivity contribution < 1.29 is 4.55 Å². The van der Waals surface area contributed by atoms with Crippen LogP contribution in [0, 0.1) is 5.41 Å². The van der Waals surface area contributed by atoms with Crippen LogP contribution in [0.4, 0.5) is 11.4 Å². The maximum Gasteiger partial charge on any atom is 0.197 e. The quantitative estimate of drug-likeness (QED) is 0.460. The number of benzene rings is 2. The molecule has 0 amide bonds. The molecule has 0 saturated carbocycles. The van der Waals surface area contributed by atoms with Crippen molar-refractivity contribution in [3.8, 4) is 0 Å². The predicted octanol–water partition coefficient (Wildman–Crippen LogP) is 3.45. The van der Waals surface area contributed by atoms with E-state index in [1.165, 1.54) is 5.56 Å². The van der Waals surface area contributed by atoms with Crippen LogP contribution in [0.15, 0.2) is 53.4 Å². The monoisotopic (exact) mass is 301 g/mol. The van der Waals surface area contributed by atoms with Crippen molar-refractivity contribution in [3.63, 3.8) is 0 Å². The summed E-state index contributed by atoms with van der Waals surface area (Å²) in [6, 6.07) is 15.2. The molecule has 2 aromatic rings. The average Bonchev–Trinajstić information content (AvgIpc) is 2.47. The lowest BCUT2D eigenvalue weighted by Gasteiger charge is -2.12. The molecule has 0 heterocycles. The van der Waals surface area contributed by atoms with Crippen LogP contribution in [-0.2, 0) is 17.6 Å². The third kappa shape index (κ3) is 4.51. The molecule has 0 aliphatic carbocycles. The maximum absolute atomic E-state index is 11.5. The molecule has 0 bridgehead atoms. The molecule has 2 aromatic carbocycles. The zero-order valence-electron chi connectivity index (χ0n) is 12.1.